The lowest BCUT2D eigenvalue weighted by Gasteiger charge is -2.32. The van der Waals surface area contributed by atoms with Crippen LogP contribution < -0.4 is 10.2 Å². The van der Waals surface area contributed by atoms with Gasteiger partial charge in [-0.05, 0) is 53.6 Å². The van der Waals surface area contributed by atoms with Crippen LogP contribution in [0.4, 0.5) is 11.4 Å². The van der Waals surface area contributed by atoms with Gasteiger partial charge in [0.25, 0.3) is 0 Å². The Kier molecular flexibility index (Phi) is 5.64. The largest absolute Gasteiger partial charge is 0.364 e. The summed E-state index contributed by atoms with van der Waals surface area (Å²) in [6.45, 7) is 13.6. The van der Waals surface area contributed by atoms with Crippen LogP contribution in [-0.4, -0.2) is 17.0 Å². The molecular weight excluding hydrogens is 334 g/mol. The van der Waals surface area contributed by atoms with Crippen LogP contribution in [0.1, 0.15) is 57.9 Å². The molecule has 146 valence electrons. The van der Waals surface area contributed by atoms with E-state index in [0.717, 1.165) is 38.2 Å². The number of hydrogen-bond acceptors (Lipinski definition) is 2. The van der Waals surface area contributed by atoms with Gasteiger partial charge in [-0.2, -0.15) is 0 Å². The third-order valence-corrected chi connectivity index (χ3v) is 5.26. The van der Waals surface area contributed by atoms with E-state index < -0.39 is 0 Å². The number of carbonyl (C=O) groups excluding carboxylic acids is 1. The molecule has 0 atom stereocenters. The minimum atomic E-state index is -0.00844. The number of aromatic nitrogens is 1. The van der Waals surface area contributed by atoms with Gasteiger partial charge in [0.2, 0.25) is 5.91 Å². The van der Waals surface area contributed by atoms with Gasteiger partial charge in [0.15, 0.2) is 0 Å². The summed E-state index contributed by atoms with van der Waals surface area (Å²) < 4.78 is 2.33. The van der Waals surface area contributed by atoms with Gasteiger partial charge in [0, 0.05) is 42.8 Å². The molecule has 1 aromatic carbocycles. The monoisotopic (exact) mass is 367 g/mol. The molecule has 0 aliphatic carbocycles. The zero-order valence-corrected chi connectivity index (χ0v) is 17.4. The molecule has 1 aliphatic rings. The molecule has 4 nitrogen and oxygen atoms in total. The first-order valence-electron chi connectivity index (χ1n) is 10.2. The van der Waals surface area contributed by atoms with E-state index in [2.05, 4.69) is 79.9 Å². The summed E-state index contributed by atoms with van der Waals surface area (Å²) >= 11 is 0. The standard InChI is InChI=1S/C23H33N3O/c1-6-17-13-20(26-12-11-25-10-8-9-19(25)16-26)14-18(7-2)22(17)24-21(27)15-23(3,4)5/h8-10,13-14H,6-7,11-12,15-16H2,1-5H3,(H,24,27). The van der Waals surface area contributed by atoms with Gasteiger partial charge in [-0.3, -0.25) is 4.79 Å². The Morgan fingerprint density at radius 1 is 1.11 bits per heavy atom. The highest BCUT2D eigenvalue weighted by Crippen LogP contribution is 2.32. The maximum absolute atomic E-state index is 12.5. The summed E-state index contributed by atoms with van der Waals surface area (Å²) in [5, 5.41) is 3.22. The second-order valence-corrected chi connectivity index (χ2v) is 8.75. The maximum Gasteiger partial charge on any atom is 0.224 e. The van der Waals surface area contributed by atoms with Crippen LogP contribution in [-0.2, 0) is 30.7 Å². The van der Waals surface area contributed by atoms with E-state index >= 15 is 0 Å². The first-order chi connectivity index (χ1) is 12.8. The highest BCUT2D eigenvalue weighted by Gasteiger charge is 2.21. The topological polar surface area (TPSA) is 37.3 Å². The molecule has 1 aliphatic heterocycles. The molecule has 0 radical (unpaired) electrons. The number of benzene rings is 1. The van der Waals surface area contributed by atoms with Crippen LogP contribution in [0.15, 0.2) is 30.5 Å². The molecule has 2 heterocycles. The third kappa shape index (κ3) is 4.55. The van der Waals surface area contributed by atoms with Gasteiger partial charge in [0.1, 0.15) is 0 Å². The Hall–Kier alpha value is -2.23. The number of hydrogen-bond donors (Lipinski definition) is 1. The van der Waals surface area contributed by atoms with E-state index in [1.54, 1.807) is 0 Å². The molecule has 1 N–H and O–H groups in total. The molecule has 27 heavy (non-hydrogen) atoms. The molecule has 1 amide bonds. The summed E-state index contributed by atoms with van der Waals surface area (Å²) in [7, 11) is 0. The highest BCUT2D eigenvalue weighted by molar-refractivity contribution is 5.93. The van der Waals surface area contributed by atoms with Gasteiger partial charge in [0.05, 0.1) is 6.54 Å². The van der Waals surface area contributed by atoms with E-state index in [4.69, 9.17) is 0 Å². The van der Waals surface area contributed by atoms with Crippen molar-refractivity contribution in [2.45, 2.75) is 67.0 Å². The second-order valence-electron chi connectivity index (χ2n) is 8.75. The van der Waals surface area contributed by atoms with E-state index in [9.17, 15) is 4.79 Å². The zero-order chi connectivity index (χ0) is 19.6. The van der Waals surface area contributed by atoms with Crippen LogP contribution in [0.2, 0.25) is 0 Å². The van der Waals surface area contributed by atoms with Gasteiger partial charge in [-0.25, -0.2) is 0 Å². The summed E-state index contributed by atoms with van der Waals surface area (Å²) in [5.41, 5.74) is 6.11. The van der Waals surface area contributed by atoms with Crippen LogP contribution in [0, 0.1) is 5.41 Å². The molecule has 0 fully saturated rings. The number of fused-ring (bicyclic) bond motifs is 1. The lowest BCUT2D eigenvalue weighted by atomic mass is 9.91. The SMILES string of the molecule is CCc1cc(N2CCn3cccc3C2)cc(CC)c1NC(=O)CC(C)(C)C. The molecular formula is C23H33N3O. The van der Waals surface area contributed by atoms with Crippen molar-refractivity contribution in [3.8, 4) is 0 Å². The average Bonchev–Trinajstić information content (AvgIpc) is 3.07. The summed E-state index contributed by atoms with van der Waals surface area (Å²) in [4.78, 5) is 15.0. The van der Waals surface area contributed by atoms with Crippen molar-refractivity contribution in [1.29, 1.82) is 0 Å². The third-order valence-electron chi connectivity index (χ3n) is 5.26. The Labute approximate surface area is 163 Å². The zero-order valence-electron chi connectivity index (χ0n) is 17.4. The van der Waals surface area contributed by atoms with Crippen LogP contribution in [0.25, 0.3) is 0 Å². The molecule has 2 aromatic rings. The number of aryl methyl sites for hydroxylation is 2. The van der Waals surface area contributed by atoms with Gasteiger partial charge < -0.3 is 14.8 Å². The number of anilines is 2. The number of amides is 1. The number of nitrogens with one attached hydrogen (secondary N) is 1. The predicted octanol–water partition coefficient (Wildman–Crippen LogP) is 5.01. The first kappa shape index (κ1) is 19.5. The Balaban J connectivity index is 1.87. The van der Waals surface area contributed by atoms with Crippen LogP contribution in [0.5, 0.6) is 0 Å². The average molecular weight is 368 g/mol. The molecule has 0 unspecified atom stereocenters. The van der Waals surface area contributed by atoms with Crippen molar-refractivity contribution in [3.05, 3.63) is 47.3 Å². The first-order valence-corrected chi connectivity index (χ1v) is 10.2. The van der Waals surface area contributed by atoms with Crippen molar-refractivity contribution in [3.63, 3.8) is 0 Å². The van der Waals surface area contributed by atoms with E-state index in [0.29, 0.717) is 6.42 Å². The van der Waals surface area contributed by atoms with Gasteiger partial charge >= 0.3 is 0 Å². The van der Waals surface area contributed by atoms with Crippen LogP contribution in [0.3, 0.4) is 0 Å². The lowest BCUT2D eigenvalue weighted by molar-refractivity contribution is -0.117. The molecule has 4 heteroatoms. The van der Waals surface area contributed by atoms with E-state index in [-0.39, 0.29) is 11.3 Å². The normalized spacial score (nSPS) is 14.2. The Morgan fingerprint density at radius 2 is 1.78 bits per heavy atom. The minimum absolute atomic E-state index is 0.00844. The minimum Gasteiger partial charge on any atom is -0.364 e. The fourth-order valence-corrected chi connectivity index (χ4v) is 3.85. The second kappa shape index (κ2) is 7.79. The van der Waals surface area contributed by atoms with E-state index in [1.165, 1.54) is 22.5 Å². The van der Waals surface area contributed by atoms with Crippen molar-refractivity contribution in [2.24, 2.45) is 5.41 Å². The smallest absolute Gasteiger partial charge is 0.224 e. The summed E-state index contributed by atoms with van der Waals surface area (Å²) in [6.07, 6.45) is 4.52. The molecule has 0 bridgehead atoms. The van der Waals surface area contributed by atoms with Gasteiger partial charge in [-0.1, -0.05) is 34.6 Å². The van der Waals surface area contributed by atoms with Gasteiger partial charge in [-0.15, -0.1) is 0 Å². The van der Waals surface area contributed by atoms with Crippen molar-refractivity contribution in [1.82, 2.24) is 4.57 Å². The summed E-state index contributed by atoms with van der Waals surface area (Å²) in [6, 6.07) is 8.87. The Bertz CT molecular complexity index is 788. The summed E-state index contributed by atoms with van der Waals surface area (Å²) in [5.74, 6) is 0.107. The van der Waals surface area contributed by atoms with Crippen molar-refractivity contribution in [2.75, 3.05) is 16.8 Å². The molecule has 0 spiro atoms. The number of carbonyl (C=O) groups is 1. The molecule has 0 saturated carbocycles. The molecule has 0 saturated heterocycles. The maximum atomic E-state index is 12.5. The highest BCUT2D eigenvalue weighted by atomic mass is 16.1. The molecule has 1 aromatic heterocycles. The quantitative estimate of drug-likeness (QED) is 0.807. The lowest BCUT2D eigenvalue weighted by Crippen LogP contribution is -2.33. The van der Waals surface area contributed by atoms with Crippen LogP contribution >= 0.6 is 0 Å². The molecule has 3 rings (SSSR count). The predicted molar refractivity (Wildman–Crippen MR) is 113 cm³/mol. The van der Waals surface area contributed by atoms with E-state index in [1.807, 2.05) is 0 Å². The fourth-order valence-electron chi connectivity index (χ4n) is 3.85. The number of rotatable bonds is 5. The Morgan fingerprint density at radius 3 is 2.37 bits per heavy atom. The number of nitrogens with zero attached hydrogens (tertiary/aromatic N) is 2. The van der Waals surface area contributed by atoms with Crippen molar-refractivity contribution < 1.29 is 4.79 Å². The fraction of sp³-hybridized carbons (Fsp3) is 0.522. The van der Waals surface area contributed by atoms with Crippen molar-refractivity contribution >= 4 is 17.3 Å².